The number of hydrogen-bond acceptors (Lipinski definition) is 10. The zero-order valence-electron chi connectivity index (χ0n) is 56.1. The lowest BCUT2D eigenvalue weighted by atomic mass is 9.49. The third kappa shape index (κ3) is 9.76. The number of benzene rings is 10. The molecule has 96 heavy (non-hydrogen) atoms. The maximum Gasteiger partial charge on any atom is 0.494 e. The fourth-order valence-electron chi connectivity index (χ4n) is 14.8. The summed E-state index contributed by atoms with van der Waals surface area (Å²) in [5, 5.41) is 19.5. The van der Waals surface area contributed by atoms with Gasteiger partial charge in [-0.2, -0.15) is 10.5 Å². The van der Waals surface area contributed by atoms with Crippen LogP contribution in [0.15, 0.2) is 218 Å². The SMILES string of the molecule is CC1(C)OB(B2OC(C)(C)C(C)(C)O2)OC1(C)C.CC1(C)OB(c2ccc3c(c2)Oc2cc(-c4cccc(C#N)c4)ccc2C32c3ccccc3-c3ccccc32)OC1(C)C.N#Cc1cccc(-c2ccc3c(c2)Oc2cc(Cl)ccc2C32c3ccccc3-c3ccccc32)c1. The minimum absolute atomic E-state index is 0.360. The summed E-state index contributed by atoms with van der Waals surface area (Å²) in [5.74, 6) is 3.14. The third-order valence-electron chi connectivity index (χ3n) is 21.8. The molecule has 5 aliphatic heterocycles. The van der Waals surface area contributed by atoms with Crippen molar-refractivity contribution >= 4 is 38.2 Å². The Morgan fingerprint density at radius 3 is 0.990 bits per heavy atom. The maximum atomic E-state index is 9.52. The summed E-state index contributed by atoms with van der Waals surface area (Å²) in [6.45, 7) is 24.5. The summed E-state index contributed by atoms with van der Waals surface area (Å²) < 4.78 is 50.1. The van der Waals surface area contributed by atoms with Crippen LogP contribution < -0.4 is 14.9 Å². The smallest absolute Gasteiger partial charge is 0.457 e. The van der Waals surface area contributed by atoms with Crippen molar-refractivity contribution in [1.29, 1.82) is 10.5 Å². The average Bonchev–Trinajstić information content (AvgIpc) is 1.49. The van der Waals surface area contributed by atoms with Gasteiger partial charge in [0, 0.05) is 27.3 Å². The van der Waals surface area contributed by atoms with Gasteiger partial charge in [0.25, 0.3) is 0 Å². The minimum Gasteiger partial charge on any atom is -0.457 e. The fraction of sp³-hybridized carbons (Fsp3) is 0.244. The molecule has 14 heteroatoms. The maximum absolute atomic E-state index is 9.52. The molecule has 17 rings (SSSR count). The summed E-state index contributed by atoms with van der Waals surface area (Å²) in [7, 11) is -1.45. The highest BCUT2D eigenvalue weighted by Gasteiger charge is 2.64. The van der Waals surface area contributed by atoms with Crippen LogP contribution in [0.2, 0.25) is 5.02 Å². The Morgan fingerprint density at radius 1 is 0.302 bits per heavy atom. The molecule has 10 aromatic carbocycles. The number of hydrogen-bond donors (Lipinski definition) is 0. The van der Waals surface area contributed by atoms with E-state index in [2.05, 4.69) is 198 Å². The summed E-state index contributed by atoms with van der Waals surface area (Å²) in [6.07, 6.45) is 0. The Morgan fingerprint density at radius 2 is 0.615 bits per heavy atom. The molecule has 474 valence electrons. The molecule has 0 atom stereocenters. The highest BCUT2D eigenvalue weighted by atomic mass is 35.5. The predicted molar refractivity (Wildman–Crippen MR) is 381 cm³/mol. The molecule has 10 aromatic rings. The summed E-state index contributed by atoms with van der Waals surface area (Å²) in [6, 6.07) is 79.8. The Hall–Kier alpha value is -8.98. The lowest BCUT2D eigenvalue weighted by molar-refractivity contribution is 0.00578. The molecule has 0 N–H and O–H groups in total. The minimum atomic E-state index is -0.558. The van der Waals surface area contributed by atoms with Gasteiger partial charge in [-0.1, -0.05) is 175 Å². The molecule has 2 spiro atoms. The zero-order chi connectivity index (χ0) is 67.1. The van der Waals surface area contributed by atoms with E-state index in [9.17, 15) is 10.5 Å². The van der Waals surface area contributed by atoms with Gasteiger partial charge in [0.05, 0.1) is 67.7 Å². The van der Waals surface area contributed by atoms with Crippen LogP contribution in [0.25, 0.3) is 44.5 Å². The Balaban J connectivity index is 0.000000128. The van der Waals surface area contributed by atoms with Crippen molar-refractivity contribution in [2.45, 2.75) is 128 Å². The first-order chi connectivity index (χ1) is 45.8. The van der Waals surface area contributed by atoms with Crippen molar-refractivity contribution in [2.75, 3.05) is 0 Å². The van der Waals surface area contributed by atoms with Gasteiger partial charge in [0.1, 0.15) is 23.0 Å². The first kappa shape index (κ1) is 63.1. The van der Waals surface area contributed by atoms with Gasteiger partial charge in [-0.15, -0.1) is 0 Å². The summed E-state index contributed by atoms with van der Waals surface area (Å²) in [4.78, 5) is 0. The van der Waals surface area contributed by atoms with Gasteiger partial charge in [-0.05, 0) is 210 Å². The predicted octanol–water partition coefficient (Wildman–Crippen LogP) is 18.6. The topological polar surface area (TPSA) is 121 Å². The molecule has 0 aromatic heterocycles. The number of nitriles is 2. The largest absolute Gasteiger partial charge is 0.494 e. The summed E-state index contributed by atoms with van der Waals surface area (Å²) in [5.41, 5.74) is 17.0. The van der Waals surface area contributed by atoms with Crippen molar-refractivity contribution in [3.8, 4) is 79.6 Å². The van der Waals surface area contributed by atoms with Gasteiger partial charge >= 0.3 is 21.1 Å². The quantitative estimate of drug-likeness (QED) is 0.157. The average molecular weight is 1280 g/mol. The van der Waals surface area contributed by atoms with Crippen molar-refractivity contribution in [3.05, 3.63) is 279 Å². The second-order valence-corrected chi connectivity index (χ2v) is 29.4. The molecular weight excluding hydrogens is 1210 g/mol. The second kappa shape index (κ2) is 22.6. The second-order valence-electron chi connectivity index (χ2n) is 28.9. The standard InChI is InChI=1S/C38H30BNO3.C32H18ClNO.C12H24B2O4/c1-36(2)37(3,4)43-39(42-36)27-17-19-33-35(22-27)41-34-21-26(25-11-9-10-24(20-25)23-40)16-18-32(34)38(33)30-14-7-5-12-28(30)29-13-6-8-15-31(29)38;33-23-13-15-29-31(18-23)35-30-17-22(21-7-5-6-20(16-21)19-34)12-14-28(30)32(29)26-10-3-1-8-24(26)25-9-2-4-11-27(25)32;1-9(2)10(3,4)16-13(15-9)14-17-11(5,6)12(7,8)18-14/h5-22H,1-4H3;1-18H;1-8H3. The van der Waals surface area contributed by atoms with E-state index in [4.69, 9.17) is 49.0 Å². The number of nitrogens with zero attached hydrogens (tertiary/aromatic N) is 2. The molecule has 2 aliphatic carbocycles. The van der Waals surface area contributed by atoms with Crippen molar-refractivity contribution in [1.82, 2.24) is 0 Å². The van der Waals surface area contributed by atoms with Crippen LogP contribution in [0.1, 0.15) is 139 Å². The number of ether oxygens (including phenoxy) is 2. The highest BCUT2D eigenvalue weighted by Crippen LogP contribution is 2.64. The van der Waals surface area contributed by atoms with E-state index in [1.165, 1.54) is 44.5 Å². The van der Waals surface area contributed by atoms with E-state index >= 15 is 0 Å². The lowest BCUT2D eigenvalue weighted by Crippen LogP contribution is -2.41. The first-order valence-corrected chi connectivity index (χ1v) is 33.2. The van der Waals surface area contributed by atoms with Crippen molar-refractivity contribution in [3.63, 3.8) is 0 Å². The van der Waals surface area contributed by atoms with E-state index in [0.717, 1.165) is 73.0 Å². The third-order valence-corrected chi connectivity index (χ3v) is 22.0. The van der Waals surface area contributed by atoms with Crippen LogP contribution in [0.5, 0.6) is 23.0 Å². The van der Waals surface area contributed by atoms with E-state index in [-0.39, 0.29) is 22.4 Å². The monoisotopic (exact) mass is 1280 g/mol. The molecule has 0 saturated carbocycles. The molecular formula is C82H72B3ClN2O8. The number of halogens is 1. The van der Waals surface area contributed by atoms with Crippen molar-refractivity contribution in [2.24, 2.45) is 0 Å². The zero-order valence-corrected chi connectivity index (χ0v) is 56.8. The van der Waals surface area contributed by atoms with Crippen LogP contribution >= 0.6 is 11.6 Å². The molecule has 10 nitrogen and oxygen atoms in total. The van der Waals surface area contributed by atoms with E-state index in [1.54, 1.807) is 0 Å². The van der Waals surface area contributed by atoms with Crippen LogP contribution in [-0.4, -0.2) is 54.7 Å². The number of rotatable bonds is 4. The van der Waals surface area contributed by atoms with Crippen LogP contribution in [0, 0.1) is 22.7 Å². The molecule has 3 saturated heterocycles. The normalized spacial score (nSPS) is 19.0. The Labute approximate surface area is 569 Å². The van der Waals surface area contributed by atoms with Gasteiger partial charge in [0.15, 0.2) is 0 Å². The molecule has 0 unspecified atom stereocenters. The molecule has 0 radical (unpaired) electrons. The first-order valence-electron chi connectivity index (χ1n) is 32.9. The Bertz CT molecular complexity index is 4760. The molecule has 3 fully saturated rings. The van der Waals surface area contributed by atoms with E-state index < -0.39 is 43.2 Å². The van der Waals surface area contributed by atoms with Crippen LogP contribution in [-0.2, 0) is 38.8 Å². The van der Waals surface area contributed by atoms with Crippen LogP contribution in [0.3, 0.4) is 0 Å². The van der Waals surface area contributed by atoms with Gasteiger partial charge < -0.3 is 37.4 Å². The van der Waals surface area contributed by atoms with Gasteiger partial charge in [0.2, 0.25) is 0 Å². The summed E-state index contributed by atoms with van der Waals surface area (Å²) >= 11 is 6.45. The molecule has 0 bridgehead atoms. The van der Waals surface area contributed by atoms with Crippen LogP contribution in [0.4, 0.5) is 0 Å². The molecule has 0 amide bonds. The van der Waals surface area contributed by atoms with E-state index in [1.807, 2.05) is 116 Å². The van der Waals surface area contributed by atoms with Gasteiger partial charge in [-0.25, -0.2) is 0 Å². The highest BCUT2D eigenvalue weighted by molar-refractivity contribution is 7.11. The molecule has 7 aliphatic rings. The van der Waals surface area contributed by atoms with Crippen molar-refractivity contribution < 1.29 is 37.4 Å². The number of fused-ring (bicyclic) bond motifs is 18. The molecule has 5 heterocycles. The fourth-order valence-corrected chi connectivity index (χ4v) is 15.0. The Kier molecular flexibility index (Phi) is 14.8. The van der Waals surface area contributed by atoms with E-state index in [0.29, 0.717) is 16.1 Å². The lowest BCUT2D eigenvalue weighted by Gasteiger charge is -2.39. The van der Waals surface area contributed by atoms with Gasteiger partial charge in [-0.3, -0.25) is 0 Å².